The highest BCUT2D eigenvalue weighted by atomic mass is 35.5. The summed E-state index contributed by atoms with van der Waals surface area (Å²) in [6.45, 7) is 9.18. The molecule has 0 radical (unpaired) electrons. The minimum atomic E-state index is 0. The summed E-state index contributed by atoms with van der Waals surface area (Å²) in [6.07, 6.45) is 15.0. The van der Waals surface area contributed by atoms with Crippen molar-refractivity contribution in [3.63, 3.8) is 0 Å². The molecule has 0 atom stereocenters. The average Bonchev–Trinajstić information content (AvgIpc) is 3.07. The lowest BCUT2D eigenvalue weighted by Gasteiger charge is -2.23. The van der Waals surface area contributed by atoms with Gasteiger partial charge in [-0.25, -0.2) is 0 Å². The first kappa shape index (κ1) is 23.8. The summed E-state index contributed by atoms with van der Waals surface area (Å²) in [5, 5.41) is 0. The number of allylic oxidation sites excluding steroid dienone is 8. The Balaban J connectivity index is 0.00000289. The van der Waals surface area contributed by atoms with Gasteiger partial charge in [-0.05, 0) is 31.6 Å². The number of nitrogens with zero attached hydrogens (tertiary/aromatic N) is 2. The highest BCUT2D eigenvalue weighted by Crippen LogP contribution is 2.46. The molecule has 3 heteroatoms. The van der Waals surface area contributed by atoms with Crippen LogP contribution in [0.25, 0.3) is 0 Å². The summed E-state index contributed by atoms with van der Waals surface area (Å²) in [5.74, 6) is 0. The molecular weight excluding hydrogens is 412 g/mol. The van der Waals surface area contributed by atoms with E-state index in [1.54, 1.807) is 0 Å². The fourth-order valence-corrected chi connectivity index (χ4v) is 5.09. The van der Waals surface area contributed by atoms with Crippen molar-refractivity contribution in [1.29, 1.82) is 0 Å². The second-order valence-corrected chi connectivity index (χ2v) is 9.47. The number of hydrogen-bond donors (Lipinski definition) is 0. The van der Waals surface area contributed by atoms with E-state index in [-0.39, 0.29) is 23.2 Å². The quantitative estimate of drug-likeness (QED) is 0.515. The van der Waals surface area contributed by atoms with E-state index in [2.05, 4.69) is 142 Å². The van der Waals surface area contributed by atoms with E-state index in [4.69, 9.17) is 0 Å². The Labute approximate surface area is 199 Å². The molecule has 0 bridgehead atoms. The summed E-state index contributed by atoms with van der Waals surface area (Å²) in [4.78, 5) is 2.30. The Morgan fingerprint density at radius 3 is 2.03 bits per heavy atom. The van der Waals surface area contributed by atoms with Crippen LogP contribution in [0.15, 0.2) is 96.8 Å². The largest absolute Gasteiger partial charge is 1.00 e. The molecule has 0 unspecified atom stereocenters. The molecule has 0 spiro atoms. The van der Waals surface area contributed by atoms with Crippen molar-refractivity contribution in [1.82, 2.24) is 0 Å². The highest BCUT2D eigenvalue weighted by Gasteiger charge is 2.42. The number of anilines is 1. The zero-order valence-electron chi connectivity index (χ0n) is 19.9. The van der Waals surface area contributed by atoms with E-state index in [0.29, 0.717) is 0 Å². The van der Waals surface area contributed by atoms with Gasteiger partial charge >= 0.3 is 0 Å². The smallest absolute Gasteiger partial charge is 0.209 e. The van der Waals surface area contributed by atoms with Crippen LogP contribution in [0.3, 0.4) is 0 Å². The van der Waals surface area contributed by atoms with Crippen molar-refractivity contribution in [2.75, 3.05) is 19.0 Å². The predicted octanol–water partition coefficient (Wildman–Crippen LogP) is 3.68. The number of rotatable bonds is 4. The first-order valence-corrected chi connectivity index (χ1v) is 11.0. The molecular formula is C29H33ClN2. The van der Waals surface area contributed by atoms with Crippen molar-refractivity contribution in [2.45, 2.75) is 38.5 Å². The van der Waals surface area contributed by atoms with Crippen molar-refractivity contribution in [3.8, 4) is 0 Å². The van der Waals surface area contributed by atoms with Crippen LogP contribution in [0.2, 0.25) is 0 Å². The lowest BCUT2D eigenvalue weighted by atomic mass is 9.81. The first-order valence-electron chi connectivity index (χ1n) is 11.0. The molecule has 0 amide bonds. The van der Waals surface area contributed by atoms with Crippen LogP contribution in [0.1, 0.15) is 38.8 Å². The molecule has 4 rings (SSSR count). The highest BCUT2D eigenvalue weighted by molar-refractivity contribution is 6.03. The van der Waals surface area contributed by atoms with Crippen LogP contribution in [-0.4, -0.2) is 24.4 Å². The maximum atomic E-state index is 2.30. The van der Waals surface area contributed by atoms with Gasteiger partial charge in [0.25, 0.3) is 0 Å². The van der Waals surface area contributed by atoms with Crippen LogP contribution in [0.4, 0.5) is 11.4 Å². The second-order valence-electron chi connectivity index (χ2n) is 9.47. The van der Waals surface area contributed by atoms with Gasteiger partial charge in [-0.2, -0.15) is 4.58 Å². The average molecular weight is 445 g/mol. The molecule has 0 saturated carbocycles. The fraction of sp³-hybridized carbons (Fsp3) is 0.276. The van der Waals surface area contributed by atoms with Crippen LogP contribution in [0, 0.1) is 0 Å². The van der Waals surface area contributed by atoms with Gasteiger partial charge in [0.1, 0.15) is 7.05 Å². The zero-order chi connectivity index (χ0) is 22.2. The molecule has 2 aliphatic rings. The van der Waals surface area contributed by atoms with Crippen molar-refractivity contribution in [2.24, 2.45) is 0 Å². The van der Waals surface area contributed by atoms with Gasteiger partial charge in [0.05, 0.1) is 5.41 Å². The predicted molar refractivity (Wildman–Crippen MR) is 134 cm³/mol. The van der Waals surface area contributed by atoms with Gasteiger partial charge in [-0.1, -0.05) is 80.6 Å². The number of likely N-dealkylation sites (N-methyl/N-ethyl adjacent to an activating group) is 1. The third-order valence-electron chi connectivity index (χ3n) is 6.83. The molecule has 0 fully saturated rings. The first-order chi connectivity index (χ1) is 14.8. The second kappa shape index (κ2) is 8.96. The minimum absolute atomic E-state index is 0. The third-order valence-corrected chi connectivity index (χ3v) is 6.83. The van der Waals surface area contributed by atoms with Gasteiger partial charge in [0.2, 0.25) is 5.69 Å². The molecule has 2 aromatic carbocycles. The van der Waals surface area contributed by atoms with Crippen molar-refractivity contribution < 1.29 is 17.0 Å². The molecule has 2 aromatic rings. The minimum Gasteiger partial charge on any atom is -1.00 e. The van der Waals surface area contributed by atoms with Crippen LogP contribution in [-0.2, 0) is 10.8 Å². The monoisotopic (exact) mass is 444 g/mol. The topological polar surface area (TPSA) is 6.25 Å². The fourth-order valence-electron chi connectivity index (χ4n) is 5.09. The standard InChI is InChI=1S/C29H33N2.ClH/c1-28(2)22-16-12-14-18-24(22)30(5)26(28)20-10-8-7-9-11-21-27-29(3,4)23-17-13-15-19-25(23)31(27)6;/h7-21H,1-6H3;1H/q+1;/p-1. The molecule has 0 saturated heterocycles. The van der Waals surface area contributed by atoms with E-state index in [1.165, 1.54) is 33.9 Å². The zero-order valence-corrected chi connectivity index (χ0v) is 20.7. The molecule has 0 aromatic heterocycles. The van der Waals surface area contributed by atoms with Gasteiger partial charge < -0.3 is 17.3 Å². The van der Waals surface area contributed by atoms with Crippen molar-refractivity contribution >= 4 is 17.1 Å². The number of hydrogen-bond acceptors (Lipinski definition) is 1. The summed E-state index contributed by atoms with van der Waals surface area (Å²) < 4.78 is 2.30. The summed E-state index contributed by atoms with van der Waals surface area (Å²) >= 11 is 0. The SMILES string of the molecule is CN1C(=CC=CC=CC=CC2=[N+](C)c3ccccc3C2(C)C)C(C)(C)c2ccccc21.[Cl-]. The Morgan fingerprint density at radius 1 is 0.750 bits per heavy atom. The Morgan fingerprint density at radius 2 is 1.34 bits per heavy atom. The lowest BCUT2D eigenvalue weighted by Crippen LogP contribution is -3.00. The summed E-state index contributed by atoms with van der Waals surface area (Å²) in [6, 6.07) is 17.3. The maximum absolute atomic E-state index is 2.30. The molecule has 2 nitrogen and oxygen atoms in total. The van der Waals surface area contributed by atoms with E-state index < -0.39 is 0 Å². The summed E-state index contributed by atoms with van der Waals surface area (Å²) in [7, 11) is 4.31. The van der Waals surface area contributed by atoms with Gasteiger partial charge in [-0.15, -0.1) is 0 Å². The van der Waals surface area contributed by atoms with Crippen LogP contribution < -0.4 is 17.3 Å². The van der Waals surface area contributed by atoms with Crippen molar-refractivity contribution in [3.05, 3.63) is 108 Å². The maximum Gasteiger partial charge on any atom is 0.209 e. The number of para-hydroxylation sites is 2. The van der Waals surface area contributed by atoms with E-state index in [1.807, 2.05) is 0 Å². The van der Waals surface area contributed by atoms with Gasteiger partial charge in [0, 0.05) is 41.6 Å². The number of fused-ring (bicyclic) bond motifs is 2. The lowest BCUT2D eigenvalue weighted by molar-refractivity contribution is -0.401. The molecule has 2 heterocycles. The van der Waals surface area contributed by atoms with Crippen LogP contribution in [0.5, 0.6) is 0 Å². The van der Waals surface area contributed by atoms with E-state index >= 15 is 0 Å². The van der Waals surface area contributed by atoms with E-state index in [9.17, 15) is 0 Å². The third kappa shape index (κ3) is 3.89. The molecule has 0 aliphatic carbocycles. The normalized spacial score (nSPS) is 19.9. The molecule has 166 valence electrons. The Hall–Kier alpha value is -2.84. The Kier molecular flexibility index (Phi) is 6.67. The van der Waals surface area contributed by atoms with Gasteiger partial charge in [0.15, 0.2) is 5.71 Å². The summed E-state index contributed by atoms with van der Waals surface area (Å²) in [5.41, 5.74) is 8.04. The molecule has 32 heavy (non-hydrogen) atoms. The number of halogens is 1. The van der Waals surface area contributed by atoms with Crippen LogP contribution >= 0.6 is 0 Å². The van der Waals surface area contributed by atoms with E-state index in [0.717, 1.165) is 0 Å². The van der Waals surface area contributed by atoms with Gasteiger partial charge in [-0.3, -0.25) is 0 Å². The number of benzene rings is 2. The molecule has 0 N–H and O–H groups in total. The molecule has 2 aliphatic heterocycles. The Bertz CT molecular complexity index is 1160.